The highest BCUT2D eigenvalue weighted by atomic mass is 15.2. The highest BCUT2D eigenvalue weighted by Gasteiger charge is 2.16. The van der Waals surface area contributed by atoms with Gasteiger partial charge in [0.2, 0.25) is 0 Å². The van der Waals surface area contributed by atoms with E-state index in [0.717, 1.165) is 24.6 Å². The number of aromatic nitrogens is 2. The van der Waals surface area contributed by atoms with E-state index in [0.29, 0.717) is 5.92 Å². The van der Waals surface area contributed by atoms with Crippen molar-refractivity contribution in [3.8, 4) is 0 Å². The summed E-state index contributed by atoms with van der Waals surface area (Å²) in [5.41, 5.74) is 1.29. The van der Waals surface area contributed by atoms with Gasteiger partial charge in [-0.25, -0.2) is 9.97 Å². The molecule has 76 valence electrons. The molecule has 1 aliphatic rings. The SMILES string of the molecule is CC(C)c1ncc2c(n1)N(C)CCC2. The number of anilines is 1. The zero-order chi connectivity index (χ0) is 10.1. The van der Waals surface area contributed by atoms with E-state index in [1.165, 1.54) is 12.0 Å². The number of fused-ring (bicyclic) bond motifs is 1. The third kappa shape index (κ3) is 1.59. The molecule has 3 heteroatoms. The molecule has 0 aromatic carbocycles. The van der Waals surface area contributed by atoms with Crippen LogP contribution in [0, 0.1) is 0 Å². The van der Waals surface area contributed by atoms with Crippen LogP contribution in [0.3, 0.4) is 0 Å². The quantitative estimate of drug-likeness (QED) is 0.679. The van der Waals surface area contributed by atoms with Crippen molar-refractivity contribution in [1.29, 1.82) is 0 Å². The van der Waals surface area contributed by atoms with Crippen molar-refractivity contribution in [3.05, 3.63) is 17.6 Å². The van der Waals surface area contributed by atoms with Gasteiger partial charge >= 0.3 is 0 Å². The third-order valence-electron chi connectivity index (χ3n) is 2.68. The molecule has 0 amide bonds. The Morgan fingerprint density at radius 2 is 2.21 bits per heavy atom. The number of nitrogens with zero attached hydrogens (tertiary/aromatic N) is 3. The van der Waals surface area contributed by atoms with Crippen LogP contribution in [0.25, 0.3) is 0 Å². The molecule has 14 heavy (non-hydrogen) atoms. The van der Waals surface area contributed by atoms with Gasteiger partial charge in [-0.05, 0) is 12.8 Å². The number of hydrogen-bond acceptors (Lipinski definition) is 3. The van der Waals surface area contributed by atoms with Crippen molar-refractivity contribution >= 4 is 5.82 Å². The first-order chi connectivity index (χ1) is 6.68. The second-order valence-corrected chi connectivity index (χ2v) is 4.26. The molecule has 0 spiro atoms. The van der Waals surface area contributed by atoms with E-state index in [1.54, 1.807) is 0 Å². The predicted octanol–water partition coefficient (Wildman–Crippen LogP) is 1.98. The van der Waals surface area contributed by atoms with E-state index in [1.807, 2.05) is 6.20 Å². The van der Waals surface area contributed by atoms with Crippen molar-refractivity contribution in [3.63, 3.8) is 0 Å². The number of aryl methyl sites for hydroxylation is 1. The van der Waals surface area contributed by atoms with Gasteiger partial charge in [-0.3, -0.25) is 0 Å². The van der Waals surface area contributed by atoms with E-state index in [4.69, 9.17) is 0 Å². The average Bonchev–Trinajstić information content (AvgIpc) is 2.18. The molecule has 0 atom stereocenters. The molecular formula is C11H17N3. The van der Waals surface area contributed by atoms with Crippen LogP contribution in [0.2, 0.25) is 0 Å². The highest BCUT2D eigenvalue weighted by Crippen LogP contribution is 2.24. The summed E-state index contributed by atoms with van der Waals surface area (Å²) in [5.74, 6) is 2.50. The molecule has 0 unspecified atom stereocenters. The van der Waals surface area contributed by atoms with E-state index < -0.39 is 0 Å². The summed E-state index contributed by atoms with van der Waals surface area (Å²) in [6.45, 7) is 5.37. The summed E-state index contributed by atoms with van der Waals surface area (Å²) in [5, 5.41) is 0. The summed E-state index contributed by atoms with van der Waals surface area (Å²) < 4.78 is 0. The lowest BCUT2D eigenvalue weighted by Crippen LogP contribution is -2.26. The Bertz CT molecular complexity index is 333. The minimum atomic E-state index is 0.413. The lowest BCUT2D eigenvalue weighted by molar-refractivity contribution is 0.697. The minimum absolute atomic E-state index is 0.413. The second kappa shape index (κ2) is 3.56. The normalized spacial score (nSPS) is 15.9. The first-order valence-corrected chi connectivity index (χ1v) is 5.25. The molecule has 2 rings (SSSR count). The number of hydrogen-bond donors (Lipinski definition) is 0. The van der Waals surface area contributed by atoms with Crippen LogP contribution in [0.1, 0.15) is 37.6 Å². The van der Waals surface area contributed by atoms with Crippen LogP contribution in [-0.4, -0.2) is 23.6 Å². The lowest BCUT2D eigenvalue weighted by atomic mass is 10.1. The fraction of sp³-hybridized carbons (Fsp3) is 0.636. The van der Waals surface area contributed by atoms with Gasteiger partial charge in [-0.15, -0.1) is 0 Å². The number of rotatable bonds is 1. The Labute approximate surface area is 85.2 Å². The van der Waals surface area contributed by atoms with Gasteiger partial charge in [0.05, 0.1) is 0 Å². The monoisotopic (exact) mass is 191 g/mol. The van der Waals surface area contributed by atoms with E-state index >= 15 is 0 Å². The third-order valence-corrected chi connectivity index (χ3v) is 2.68. The fourth-order valence-electron chi connectivity index (χ4n) is 1.81. The molecule has 0 saturated heterocycles. The standard InChI is InChI=1S/C11H17N3/c1-8(2)10-12-7-9-5-4-6-14(3)11(9)13-10/h7-8H,4-6H2,1-3H3. The molecular weight excluding hydrogens is 174 g/mol. The Kier molecular flexibility index (Phi) is 2.40. The summed E-state index contributed by atoms with van der Waals surface area (Å²) in [4.78, 5) is 11.2. The summed E-state index contributed by atoms with van der Waals surface area (Å²) >= 11 is 0. The maximum atomic E-state index is 4.61. The van der Waals surface area contributed by atoms with Crippen molar-refractivity contribution in [2.75, 3.05) is 18.5 Å². The van der Waals surface area contributed by atoms with Crippen LogP contribution in [0.15, 0.2) is 6.20 Å². The van der Waals surface area contributed by atoms with Crippen LogP contribution in [-0.2, 0) is 6.42 Å². The van der Waals surface area contributed by atoms with Crippen LogP contribution in [0.4, 0.5) is 5.82 Å². The smallest absolute Gasteiger partial charge is 0.135 e. The van der Waals surface area contributed by atoms with Gasteiger partial charge in [-0.2, -0.15) is 0 Å². The maximum Gasteiger partial charge on any atom is 0.135 e. The molecule has 0 fully saturated rings. The van der Waals surface area contributed by atoms with Crippen molar-refractivity contribution in [2.24, 2.45) is 0 Å². The first kappa shape index (κ1) is 9.44. The molecule has 1 aromatic heterocycles. The van der Waals surface area contributed by atoms with E-state index in [9.17, 15) is 0 Å². The van der Waals surface area contributed by atoms with Gasteiger partial charge in [-0.1, -0.05) is 13.8 Å². The van der Waals surface area contributed by atoms with Crippen LogP contribution in [0.5, 0.6) is 0 Å². The largest absolute Gasteiger partial charge is 0.359 e. The topological polar surface area (TPSA) is 29.0 Å². The minimum Gasteiger partial charge on any atom is -0.359 e. The average molecular weight is 191 g/mol. The molecule has 0 N–H and O–H groups in total. The molecule has 0 radical (unpaired) electrons. The second-order valence-electron chi connectivity index (χ2n) is 4.26. The Morgan fingerprint density at radius 1 is 1.43 bits per heavy atom. The van der Waals surface area contributed by atoms with Gasteiger partial charge in [0.15, 0.2) is 0 Å². The molecule has 0 saturated carbocycles. The van der Waals surface area contributed by atoms with Crippen molar-refractivity contribution in [1.82, 2.24) is 9.97 Å². The Hall–Kier alpha value is -1.12. The van der Waals surface area contributed by atoms with Crippen LogP contribution >= 0.6 is 0 Å². The van der Waals surface area contributed by atoms with Crippen molar-refractivity contribution in [2.45, 2.75) is 32.6 Å². The first-order valence-electron chi connectivity index (χ1n) is 5.25. The van der Waals surface area contributed by atoms with Gasteiger partial charge in [0.25, 0.3) is 0 Å². The molecule has 2 heterocycles. The molecule has 1 aromatic rings. The molecule has 1 aliphatic heterocycles. The predicted molar refractivity (Wildman–Crippen MR) is 57.7 cm³/mol. The van der Waals surface area contributed by atoms with Gasteiger partial charge in [0.1, 0.15) is 11.6 Å². The Balaban J connectivity index is 2.41. The van der Waals surface area contributed by atoms with Gasteiger partial charge < -0.3 is 4.90 Å². The highest BCUT2D eigenvalue weighted by molar-refractivity contribution is 5.47. The summed E-state index contributed by atoms with van der Waals surface area (Å²) in [6.07, 6.45) is 4.33. The van der Waals surface area contributed by atoms with Crippen LogP contribution < -0.4 is 4.90 Å². The summed E-state index contributed by atoms with van der Waals surface area (Å²) in [7, 11) is 2.11. The molecule has 0 aliphatic carbocycles. The maximum absolute atomic E-state index is 4.61. The molecule has 3 nitrogen and oxygen atoms in total. The van der Waals surface area contributed by atoms with Crippen molar-refractivity contribution < 1.29 is 0 Å². The lowest BCUT2D eigenvalue weighted by Gasteiger charge is -2.26. The van der Waals surface area contributed by atoms with Gasteiger partial charge in [0, 0.05) is 31.3 Å². The zero-order valence-electron chi connectivity index (χ0n) is 9.12. The van der Waals surface area contributed by atoms with E-state index in [-0.39, 0.29) is 0 Å². The Morgan fingerprint density at radius 3 is 2.93 bits per heavy atom. The fourth-order valence-corrected chi connectivity index (χ4v) is 1.81. The summed E-state index contributed by atoms with van der Waals surface area (Å²) in [6, 6.07) is 0. The zero-order valence-corrected chi connectivity index (χ0v) is 9.12. The van der Waals surface area contributed by atoms with E-state index in [2.05, 4.69) is 35.8 Å². The molecule has 0 bridgehead atoms.